The molecule has 2 aromatic rings. The van der Waals surface area contributed by atoms with Crippen LogP contribution >= 0.6 is 11.3 Å². The highest BCUT2D eigenvalue weighted by Gasteiger charge is 2.28. The van der Waals surface area contributed by atoms with Crippen LogP contribution in [0.1, 0.15) is 31.5 Å². The number of ether oxygens (including phenoxy) is 1. The zero-order chi connectivity index (χ0) is 16.5. The van der Waals surface area contributed by atoms with Gasteiger partial charge >= 0.3 is 0 Å². The van der Waals surface area contributed by atoms with Gasteiger partial charge in [-0.05, 0) is 25.5 Å². The molecular formula is C17H22N4O2S. The van der Waals surface area contributed by atoms with Gasteiger partial charge in [0.2, 0.25) is 0 Å². The van der Waals surface area contributed by atoms with Gasteiger partial charge in [0.05, 0.1) is 18.9 Å². The average Bonchev–Trinajstić information content (AvgIpc) is 3.21. The summed E-state index contributed by atoms with van der Waals surface area (Å²) in [4.78, 5) is 19.7. The van der Waals surface area contributed by atoms with Crippen LogP contribution in [0.3, 0.4) is 0 Å². The van der Waals surface area contributed by atoms with E-state index in [9.17, 15) is 4.79 Å². The number of hydrogen-bond donors (Lipinski definition) is 1. The molecule has 1 fully saturated rings. The average molecular weight is 346 g/mol. The predicted octanol–water partition coefficient (Wildman–Crippen LogP) is 1.81. The second-order valence-electron chi connectivity index (χ2n) is 6.41. The summed E-state index contributed by atoms with van der Waals surface area (Å²) in [5.74, 6) is 0.0399. The third kappa shape index (κ3) is 3.11. The molecule has 0 atom stereocenters. The maximum Gasteiger partial charge on any atom is 0.274 e. The number of hydrogen-bond acceptors (Lipinski definition) is 5. The third-order valence-electron chi connectivity index (χ3n) is 4.69. The molecule has 1 saturated heterocycles. The number of nitrogens with zero attached hydrogens (tertiary/aromatic N) is 3. The number of thiophene rings is 1. The maximum absolute atomic E-state index is 12.7. The van der Waals surface area contributed by atoms with Gasteiger partial charge in [0.1, 0.15) is 0 Å². The SMILES string of the molecule is Cc1ccc(CN2CCc3c(C(=O)N4CCOCC4)n[nH]c3C2)s1. The van der Waals surface area contributed by atoms with Gasteiger partial charge in [0.25, 0.3) is 5.91 Å². The number of aromatic nitrogens is 2. The van der Waals surface area contributed by atoms with Crippen LogP contribution in [0.25, 0.3) is 0 Å². The zero-order valence-electron chi connectivity index (χ0n) is 13.9. The normalized spacial score (nSPS) is 18.6. The molecule has 0 spiro atoms. The Hall–Kier alpha value is -1.70. The van der Waals surface area contributed by atoms with E-state index in [4.69, 9.17) is 4.74 Å². The summed E-state index contributed by atoms with van der Waals surface area (Å²) in [5, 5.41) is 7.44. The lowest BCUT2D eigenvalue weighted by molar-refractivity contribution is 0.0298. The molecule has 7 heteroatoms. The molecule has 128 valence electrons. The Morgan fingerprint density at radius 2 is 2.17 bits per heavy atom. The van der Waals surface area contributed by atoms with Crippen molar-refractivity contribution in [3.63, 3.8) is 0 Å². The quantitative estimate of drug-likeness (QED) is 0.921. The zero-order valence-corrected chi connectivity index (χ0v) is 14.7. The van der Waals surface area contributed by atoms with Crippen LogP contribution in [-0.2, 0) is 24.2 Å². The van der Waals surface area contributed by atoms with Crippen LogP contribution in [0, 0.1) is 6.92 Å². The Labute approximate surface area is 145 Å². The molecule has 6 nitrogen and oxygen atoms in total. The van der Waals surface area contributed by atoms with Crippen molar-refractivity contribution in [3.8, 4) is 0 Å². The minimum atomic E-state index is 0.0399. The lowest BCUT2D eigenvalue weighted by Gasteiger charge is -2.28. The predicted molar refractivity (Wildman–Crippen MR) is 92.2 cm³/mol. The van der Waals surface area contributed by atoms with Crippen molar-refractivity contribution in [2.45, 2.75) is 26.4 Å². The Balaban J connectivity index is 1.46. The summed E-state index contributed by atoms with van der Waals surface area (Å²) in [5.41, 5.74) is 2.80. The molecule has 4 heterocycles. The Bertz CT molecular complexity index is 733. The van der Waals surface area contributed by atoms with Crippen LogP contribution < -0.4 is 0 Å². The monoisotopic (exact) mass is 346 g/mol. The number of rotatable bonds is 3. The van der Waals surface area contributed by atoms with Crippen molar-refractivity contribution in [1.29, 1.82) is 0 Å². The number of H-pyrrole nitrogens is 1. The Morgan fingerprint density at radius 1 is 1.33 bits per heavy atom. The van der Waals surface area contributed by atoms with E-state index in [0.717, 1.165) is 37.3 Å². The van der Waals surface area contributed by atoms with Crippen molar-refractivity contribution >= 4 is 17.2 Å². The molecule has 1 N–H and O–H groups in total. The van der Waals surface area contributed by atoms with E-state index in [-0.39, 0.29) is 5.91 Å². The van der Waals surface area contributed by atoms with Crippen molar-refractivity contribution in [3.05, 3.63) is 38.8 Å². The van der Waals surface area contributed by atoms with E-state index in [0.29, 0.717) is 32.0 Å². The number of nitrogens with one attached hydrogen (secondary N) is 1. The van der Waals surface area contributed by atoms with E-state index in [2.05, 4.69) is 34.2 Å². The van der Waals surface area contributed by atoms with Gasteiger partial charge in [-0.3, -0.25) is 14.8 Å². The van der Waals surface area contributed by atoms with Crippen molar-refractivity contribution < 1.29 is 9.53 Å². The number of morpholine rings is 1. The van der Waals surface area contributed by atoms with E-state index in [1.165, 1.54) is 9.75 Å². The number of carbonyl (C=O) groups is 1. The van der Waals surface area contributed by atoms with E-state index in [1.807, 2.05) is 16.2 Å². The third-order valence-corrected chi connectivity index (χ3v) is 5.67. The largest absolute Gasteiger partial charge is 0.378 e. The molecule has 2 aromatic heterocycles. The van der Waals surface area contributed by atoms with Crippen LogP contribution in [0.2, 0.25) is 0 Å². The van der Waals surface area contributed by atoms with Crippen molar-refractivity contribution in [1.82, 2.24) is 20.0 Å². The second kappa shape index (κ2) is 6.66. The Kier molecular flexibility index (Phi) is 4.39. The maximum atomic E-state index is 12.7. The summed E-state index contributed by atoms with van der Waals surface area (Å²) in [6, 6.07) is 4.38. The van der Waals surface area contributed by atoms with Crippen LogP contribution in [-0.4, -0.2) is 58.8 Å². The molecular weight excluding hydrogens is 324 g/mol. The van der Waals surface area contributed by atoms with Crippen LogP contribution in [0.15, 0.2) is 12.1 Å². The van der Waals surface area contributed by atoms with Crippen LogP contribution in [0.5, 0.6) is 0 Å². The first kappa shape index (κ1) is 15.8. The van der Waals surface area contributed by atoms with Crippen molar-refractivity contribution in [2.24, 2.45) is 0 Å². The number of aryl methyl sites for hydroxylation is 1. The molecule has 0 aliphatic carbocycles. The first-order chi connectivity index (χ1) is 11.7. The molecule has 24 heavy (non-hydrogen) atoms. The molecule has 0 radical (unpaired) electrons. The van der Waals surface area contributed by atoms with Gasteiger partial charge in [-0.15, -0.1) is 11.3 Å². The summed E-state index contributed by atoms with van der Waals surface area (Å²) in [7, 11) is 0. The van der Waals surface area contributed by atoms with E-state index in [1.54, 1.807) is 0 Å². The van der Waals surface area contributed by atoms with Gasteiger partial charge in [0, 0.05) is 48.0 Å². The van der Waals surface area contributed by atoms with Gasteiger partial charge in [0.15, 0.2) is 5.69 Å². The van der Waals surface area contributed by atoms with E-state index >= 15 is 0 Å². The number of aromatic amines is 1. The molecule has 0 aromatic carbocycles. The smallest absolute Gasteiger partial charge is 0.274 e. The highest BCUT2D eigenvalue weighted by Crippen LogP contribution is 2.24. The highest BCUT2D eigenvalue weighted by atomic mass is 32.1. The topological polar surface area (TPSA) is 61.5 Å². The minimum Gasteiger partial charge on any atom is -0.378 e. The fraction of sp³-hybridized carbons (Fsp3) is 0.529. The standard InChI is InChI=1S/C17H22N4O2S/c1-12-2-3-13(24-12)10-20-5-4-14-15(11-20)18-19-16(14)17(22)21-6-8-23-9-7-21/h2-3H,4-11H2,1H3,(H,18,19). The number of carbonyl (C=O) groups excluding carboxylic acids is 1. The molecule has 0 saturated carbocycles. The first-order valence-electron chi connectivity index (χ1n) is 8.41. The highest BCUT2D eigenvalue weighted by molar-refractivity contribution is 7.11. The summed E-state index contributed by atoms with van der Waals surface area (Å²) in [6.07, 6.45) is 0.877. The summed E-state index contributed by atoms with van der Waals surface area (Å²) < 4.78 is 5.32. The molecule has 0 bridgehead atoms. The lowest BCUT2D eigenvalue weighted by Crippen LogP contribution is -2.41. The molecule has 2 aliphatic heterocycles. The molecule has 2 aliphatic rings. The van der Waals surface area contributed by atoms with Gasteiger partial charge < -0.3 is 9.64 Å². The summed E-state index contributed by atoms with van der Waals surface area (Å²) in [6.45, 7) is 7.44. The fourth-order valence-electron chi connectivity index (χ4n) is 3.39. The minimum absolute atomic E-state index is 0.0399. The van der Waals surface area contributed by atoms with Crippen LogP contribution in [0.4, 0.5) is 0 Å². The second-order valence-corrected chi connectivity index (χ2v) is 7.78. The number of amides is 1. The molecule has 0 unspecified atom stereocenters. The Morgan fingerprint density at radius 3 is 2.92 bits per heavy atom. The summed E-state index contributed by atoms with van der Waals surface area (Å²) >= 11 is 1.85. The van der Waals surface area contributed by atoms with E-state index < -0.39 is 0 Å². The lowest BCUT2D eigenvalue weighted by atomic mass is 10.0. The van der Waals surface area contributed by atoms with Gasteiger partial charge in [-0.25, -0.2) is 0 Å². The van der Waals surface area contributed by atoms with Gasteiger partial charge in [-0.2, -0.15) is 5.10 Å². The van der Waals surface area contributed by atoms with Crippen molar-refractivity contribution in [2.75, 3.05) is 32.8 Å². The first-order valence-corrected chi connectivity index (χ1v) is 9.23. The number of fused-ring (bicyclic) bond motifs is 1. The fourth-order valence-corrected chi connectivity index (χ4v) is 4.33. The molecule has 4 rings (SSSR count). The van der Waals surface area contributed by atoms with Gasteiger partial charge in [-0.1, -0.05) is 0 Å². The molecule has 1 amide bonds.